The first-order chi connectivity index (χ1) is 7.87. The molecule has 0 heterocycles. The third kappa shape index (κ3) is 10.00. The van der Waals surface area contributed by atoms with Crippen molar-refractivity contribution in [2.75, 3.05) is 13.2 Å². The summed E-state index contributed by atoms with van der Waals surface area (Å²) in [5, 5.41) is 2.74. The van der Waals surface area contributed by atoms with Crippen LogP contribution in [-0.2, 0) is 14.3 Å². The summed E-state index contributed by atoms with van der Waals surface area (Å²) < 4.78 is 5.66. The summed E-state index contributed by atoms with van der Waals surface area (Å²) in [6, 6.07) is 0. The Labute approximate surface area is 104 Å². The van der Waals surface area contributed by atoms with Crippen LogP contribution in [0.25, 0.3) is 0 Å². The van der Waals surface area contributed by atoms with Crippen LogP contribution >= 0.6 is 0 Å². The lowest BCUT2D eigenvalue weighted by Gasteiger charge is -2.24. The molecule has 0 spiro atoms. The number of amides is 1. The molecule has 0 aliphatic rings. The molecule has 0 aliphatic heterocycles. The van der Waals surface area contributed by atoms with Crippen molar-refractivity contribution >= 4 is 11.7 Å². The van der Waals surface area contributed by atoms with Crippen LogP contribution in [-0.4, -0.2) is 30.4 Å². The SMILES string of the molecule is CCCC(C)(C)OCCNC(=O)CCC(C)=O. The van der Waals surface area contributed by atoms with Gasteiger partial charge in [-0.2, -0.15) is 0 Å². The van der Waals surface area contributed by atoms with Gasteiger partial charge < -0.3 is 14.8 Å². The molecule has 0 unspecified atom stereocenters. The maximum absolute atomic E-state index is 11.3. The molecule has 0 saturated carbocycles. The van der Waals surface area contributed by atoms with Crippen molar-refractivity contribution in [2.45, 2.75) is 59.0 Å². The Bertz CT molecular complexity index is 249. The van der Waals surface area contributed by atoms with E-state index < -0.39 is 0 Å². The summed E-state index contributed by atoms with van der Waals surface area (Å²) in [5.41, 5.74) is -0.126. The summed E-state index contributed by atoms with van der Waals surface area (Å²) >= 11 is 0. The van der Waals surface area contributed by atoms with Gasteiger partial charge in [-0.25, -0.2) is 0 Å². The van der Waals surface area contributed by atoms with Crippen LogP contribution in [0, 0.1) is 0 Å². The van der Waals surface area contributed by atoms with Crippen molar-refractivity contribution < 1.29 is 14.3 Å². The molecule has 0 atom stereocenters. The Kier molecular flexibility index (Phi) is 7.79. The van der Waals surface area contributed by atoms with Gasteiger partial charge in [0, 0.05) is 19.4 Å². The van der Waals surface area contributed by atoms with Crippen LogP contribution in [0.5, 0.6) is 0 Å². The zero-order valence-corrected chi connectivity index (χ0v) is 11.5. The average Bonchev–Trinajstić information content (AvgIpc) is 2.21. The summed E-state index contributed by atoms with van der Waals surface area (Å²) in [6.45, 7) is 8.73. The predicted octanol–water partition coefficient (Wildman–Crippen LogP) is 2.07. The molecule has 17 heavy (non-hydrogen) atoms. The van der Waals surface area contributed by atoms with Gasteiger partial charge >= 0.3 is 0 Å². The monoisotopic (exact) mass is 243 g/mol. The van der Waals surface area contributed by atoms with E-state index >= 15 is 0 Å². The largest absolute Gasteiger partial charge is 0.374 e. The second-order valence-electron chi connectivity index (χ2n) is 4.91. The van der Waals surface area contributed by atoms with E-state index in [4.69, 9.17) is 4.74 Å². The first-order valence-electron chi connectivity index (χ1n) is 6.27. The molecule has 0 aromatic heterocycles. The van der Waals surface area contributed by atoms with E-state index in [9.17, 15) is 9.59 Å². The second kappa shape index (κ2) is 8.23. The fourth-order valence-corrected chi connectivity index (χ4v) is 1.57. The average molecular weight is 243 g/mol. The molecule has 0 aromatic rings. The van der Waals surface area contributed by atoms with Crippen LogP contribution in [0.3, 0.4) is 0 Å². The van der Waals surface area contributed by atoms with Crippen LogP contribution in [0.15, 0.2) is 0 Å². The van der Waals surface area contributed by atoms with Crippen molar-refractivity contribution in [1.82, 2.24) is 5.32 Å². The Balaban J connectivity index is 3.57. The summed E-state index contributed by atoms with van der Waals surface area (Å²) in [6.07, 6.45) is 2.67. The van der Waals surface area contributed by atoms with E-state index in [1.54, 1.807) is 0 Å². The Hall–Kier alpha value is -0.900. The molecule has 0 rings (SSSR count). The molecule has 1 amide bonds. The van der Waals surface area contributed by atoms with Gasteiger partial charge in [0.05, 0.1) is 12.2 Å². The Morgan fingerprint density at radius 1 is 1.24 bits per heavy atom. The number of Topliss-reactive ketones (excluding diaryl/α,β-unsaturated/α-hetero) is 1. The lowest BCUT2D eigenvalue weighted by molar-refractivity contribution is -0.125. The normalized spacial score (nSPS) is 11.3. The van der Waals surface area contributed by atoms with E-state index in [2.05, 4.69) is 12.2 Å². The van der Waals surface area contributed by atoms with Gasteiger partial charge in [-0.15, -0.1) is 0 Å². The number of hydrogen-bond donors (Lipinski definition) is 1. The molecule has 4 heteroatoms. The predicted molar refractivity (Wildman–Crippen MR) is 67.9 cm³/mol. The molecule has 0 aliphatic carbocycles. The highest BCUT2D eigenvalue weighted by molar-refractivity contribution is 5.83. The molecular formula is C13H25NO3. The molecule has 0 bridgehead atoms. The van der Waals surface area contributed by atoms with Gasteiger partial charge in [0.1, 0.15) is 5.78 Å². The minimum Gasteiger partial charge on any atom is -0.374 e. The third-order valence-corrected chi connectivity index (χ3v) is 2.47. The summed E-state index contributed by atoms with van der Waals surface area (Å²) in [7, 11) is 0. The number of carbonyl (C=O) groups excluding carboxylic acids is 2. The van der Waals surface area contributed by atoms with Crippen LogP contribution in [0.2, 0.25) is 0 Å². The highest BCUT2D eigenvalue weighted by Crippen LogP contribution is 2.15. The highest BCUT2D eigenvalue weighted by Gasteiger charge is 2.16. The molecule has 100 valence electrons. The van der Waals surface area contributed by atoms with Crippen molar-refractivity contribution in [3.8, 4) is 0 Å². The third-order valence-electron chi connectivity index (χ3n) is 2.47. The van der Waals surface area contributed by atoms with Gasteiger partial charge in [0.2, 0.25) is 5.91 Å². The van der Waals surface area contributed by atoms with Crippen LogP contribution < -0.4 is 5.32 Å². The highest BCUT2D eigenvalue weighted by atomic mass is 16.5. The van der Waals surface area contributed by atoms with E-state index in [0.717, 1.165) is 12.8 Å². The number of ether oxygens (including phenoxy) is 1. The molecule has 0 aromatic carbocycles. The first-order valence-corrected chi connectivity index (χ1v) is 6.27. The molecule has 0 saturated heterocycles. The number of nitrogens with one attached hydrogen (secondary N) is 1. The molecule has 1 N–H and O–H groups in total. The Morgan fingerprint density at radius 3 is 2.41 bits per heavy atom. The number of hydrogen-bond acceptors (Lipinski definition) is 3. The fourth-order valence-electron chi connectivity index (χ4n) is 1.57. The molecular weight excluding hydrogens is 218 g/mol. The van der Waals surface area contributed by atoms with Gasteiger partial charge in [-0.3, -0.25) is 4.79 Å². The lowest BCUT2D eigenvalue weighted by atomic mass is 10.0. The quantitative estimate of drug-likeness (QED) is 0.631. The topological polar surface area (TPSA) is 55.4 Å². The zero-order valence-electron chi connectivity index (χ0n) is 11.5. The number of rotatable bonds is 9. The van der Waals surface area contributed by atoms with Gasteiger partial charge in [0.25, 0.3) is 0 Å². The number of carbonyl (C=O) groups is 2. The van der Waals surface area contributed by atoms with Gasteiger partial charge in [-0.05, 0) is 27.2 Å². The zero-order chi connectivity index (χ0) is 13.3. The van der Waals surface area contributed by atoms with Crippen molar-refractivity contribution in [1.29, 1.82) is 0 Å². The van der Waals surface area contributed by atoms with E-state index in [1.165, 1.54) is 6.92 Å². The van der Waals surface area contributed by atoms with Gasteiger partial charge in [0.15, 0.2) is 0 Å². The summed E-state index contributed by atoms with van der Waals surface area (Å²) in [5.74, 6) is -0.0439. The molecule has 0 fully saturated rings. The second-order valence-corrected chi connectivity index (χ2v) is 4.91. The fraction of sp³-hybridized carbons (Fsp3) is 0.846. The summed E-state index contributed by atoms with van der Waals surface area (Å²) in [4.78, 5) is 22.0. The van der Waals surface area contributed by atoms with Gasteiger partial charge in [-0.1, -0.05) is 13.3 Å². The maximum atomic E-state index is 11.3. The van der Waals surface area contributed by atoms with E-state index in [-0.39, 0.29) is 23.7 Å². The minimum absolute atomic E-state index is 0.0421. The van der Waals surface area contributed by atoms with E-state index in [1.807, 2.05) is 13.8 Å². The maximum Gasteiger partial charge on any atom is 0.220 e. The standard InChI is InChI=1S/C13H25NO3/c1-5-8-13(3,4)17-10-9-14-12(16)7-6-11(2)15/h5-10H2,1-4H3,(H,14,16). The van der Waals surface area contributed by atoms with Crippen LogP contribution in [0.1, 0.15) is 53.4 Å². The van der Waals surface area contributed by atoms with Crippen LogP contribution in [0.4, 0.5) is 0 Å². The number of ketones is 1. The van der Waals surface area contributed by atoms with Crippen molar-refractivity contribution in [2.24, 2.45) is 0 Å². The smallest absolute Gasteiger partial charge is 0.220 e. The lowest BCUT2D eigenvalue weighted by Crippen LogP contribution is -2.32. The first kappa shape index (κ1) is 16.1. The molecule has 0 radical (unpaired) electrons. The van der Waals surface area contributed by atoms with E-state index in [0.29, 0.717) is 19.6 Å². The van der Waals surface area contributed by atoms with Crippen molar-refractivity contribution in [3.05, 3.63) is 0 Å². The van der Waals surface area contributed by atoms with Crippen molar-refractivity contribution in [3.63, 3.8) is 0 Å². The Morgan fingerprint density at radius 2 is 1.88 bits per heavy atom. The minimum atomic E-state index is -0.126. The molecule has 4 nitrogen and oxygen atoms in total.